The fourth-order valence-electron chi connectivity index (χ4n) is 1.34. The maximum Gasteiger partial charge on any atom is 0.241 e. The van der Waals surface area contributed by atoms with Crippen LogP contribution in [-0.2, 0) is 10.0 Å². The summed E-state index contributed by atoms with van der Waals surface area (Å²) in [5.74, 6) is 2.41. The van der Waals surface area contributed by atoms with Gasteiger partial charge in [-0.15, -0.1) is 6.42 Å². The molecule has 0 aromatic heterocycles. The first-order chi connectivity index (χ1) is 7.51. The van der Waals surface area contributed by atoms with Crippen molar-refractivity contribution in [2.75, 3.05) is 0 Å². The van der Waals surface area contributed by atoms with E-state index >= 15 is 0 Å². The van der Waals surface area contributed by atoms with E-state index in [1.54, 1.807) is 31.2 Å². The normalized spacial score (nSPS) is 13.1. The molecule has 1 rings (SSSR count). The zero-order valence-electron chi connectivity index (χ0n) is 9.40. The molecule has 1 unspecified atom stereocenters. The average molecular weight is 237 g/mol. The monoisotopic (exact) mass is 237 g/mol. The summed E-state index contributed by atoms with van der Waals surface area (Å²) in [7, 11) is -3.51. The maximum atomic E-state index is 12.0. The minimum absolute atomic E-state index is 0.281. The van der Waals surface area contributed by atoms with Crippen LogP contribution in [0.5, 0.6) is 0 Å². The van der Waals surface area contributed by atoms with Crippen molar-refractivity contribution in [1.29, 1.82) is 0 Å². The molecule has 3 nitrogen and oxygen atoms in total. The van der Waals surface area contributed by atoms with Crippen LogP contribution < -0.4 is 4.72 Å². The van der Waals surface area contributed by atoms with Crippen LogP contribution in [0.2, 0.25) is 0 Å². The predicted molar refractivity (Wildman–Crippen MR) is 64.4 cm³/mol. The van der Waals surface area contributed by atoms with Gasteiger partial charge in [-0.1, -0.05) is 31.0 Å². The Hall–Kier alpha value is -1.31. The number of aryl methyl sites for hydroxylation is 1. The van der Waals surface area contributed by atoms with Crippen molar-refractivity contribution in [2.24, 2.45) is 0 Å². The Morgan fingerprint density at radius 2 is 2.06 bits per heavy atom. The molecule has 1 aromatic rings. The van der Waals surface area contributed by atoms with Crippen molar-refractivity contribution in [3.8, 4) is 12.3 Å². The van der Waals surface area contributed by atoms with Gasteiger partial charge in [0.2, 0.25) is 10.0 Å². The number of hydrogen-bond donors (Lipinski definition) is 1. The highest BCUT2D eigenvalue weighted by Crippen LogP contribution is 2.14. The van der Waals surface area contributed by atoms with Crippen LogP contribution in [0.25, 0.3) is 0 Å². The summed E-state index contributed by atoms with van der Waals surface area (Å²) in [6, 6.07) is 6.36. The fourth-order valence-corrected chi connectivity index (χ4v) is 2.83. The molecular formula is C12H15NO2S. The van der Waals surface area contributed by atoms with E-state index in [9.17, 15) is 8.42 Å². The summed E-state index contributed by atoms with van der Waals surface area (Å²) in [6.07, 6.45) is 5.80. The second-order valence-electron chi connectivity index (χ2n) is 3.51. The SMILES string of the molecule is C#CC(CC)NS(=O)(=O)c1ccccc1C. The Balaban J connectivity index is 3.05. The maximum absolute atomic E-state index is 12.0. The van der Waals surface area contributed by atoms with Gasteiger partial charge in [-0.2, -0.15) is 4.72 Å². The predicted octanol–water partition coefficient (Wildman–Crippen LogP) is 1.69. The molecule has 0 saturated heterocycles. The largest absolute Gasteiger partial charge is 0.241 e. The number of sulfonamides is 1. The van der Waals surface area contributed by atoms with E-state index in [1.807, 2.05) is 6.92 Å². The van der Waals surface area contributed by atoms with Gasteiger partial charge in [0.05, 0.1) is 10.9 Å². The van der Waals surface area contributed by atoms with Gasteiger partial charge in [-0.05, 0) is 25.0 Å². The third-order valence-corrected chi connectivity index (χ3v) is 3.92. The first kappa shape index (κ1) is 12.8. The smallest absolute Gasteiger partial charge is 0.207 e. The van der Waals surface area contributed by atoms with Gasteiger partial charge in [0.15, 0.2) is 0 Å². The Kier molecular flexibility index (Phi) is 4.11. The van der Waals surface area contributed by atoms with E-state index in [-0.39, 0.29) is 4.90 Å². The highest BCUT2D eigenvalue weighted by atomic mass is 32.2. The molecular weight excluding hydrogens is 222 g/mol. The van der Waals surface area contributed by atoms with E-state index in [0.717, 1.165) is 0 Å². The van der Waals surface area contributed by atoms with Crippen LogP contribution >= 0.6 is 0 Å². The molecule has 16 heavy (non-hydrogen) atoms. The molecule has 0 saturated carbocycles. The standard InChI is InChI=1S/C12H15NO2S/c1-4-11(5-2)13-16(14,15)12-9-7-6-8-10(12)3/h1,6-9,11,13H,5H2,2-3H3. The van der Waals surface area contributed by atoms with Crippen LogP contribution in [0, 0.1) is 19.3 Å². The lowest BCUT2D eigenvalue weighted by Crippen LogP contribution is -2.33. The van der Waals surface area contributed by atoms with Gasteiger partial charge in [0, 0.05) is 0 Å². The average Bonchev–Trinajstić information content (AvgIpc) is 2.26. The van der Waals surface area contributed by atoms with Crippen LogP contribution in [-0.4, -0.2) is 14.5 Å². The molecule has 1 aromatic carbocycles. The Bertz CT molecular complexity index is 500. The lowest BCUT2D eigenvalue weighted by molar-refractivity contribution is 0.570. The highest BCUT2D eigenvalue weighted by Gasteiger charge is 2.18. The summed E-state index contributed by atoms with van der Waals surface area (Å²) >= 11 is 0. The second kappa shape index (κ2) is 5.15. The molecule has 1 N–H and O–H groups in total. The zero-order valence-corrected chi connectivity index (χ0v) is 10.2. The first-order valence-corrected chi connectivity index (χ1v) is 6.53. The summed E-state index contributed by atoms with van der Waals surface area (Å²) in [5.41, 5.74) is 0.710. The van der Waals surface area contributed by atoms with E-state index in [1.165, 1.54) is 0 Å². The van der Waals surface area contributed by atoms with Crippen molar-refractivity contribution in [1.82, 2.24) is 4.72 Å². The van der Waals surface area contributed by atoms with E-state index < -0.39 is 16.1 Å². The minimum atomic E-state index is -3.51. The van der Waals surface area contributed by atoms with Crippen molar-refractivity contribution < 1.29 is 8.42 Å². The molecule has 0 spiro atoms. The Morgan fingerprint density at radius 1 is 1.44 bits per heavy atom. The van der Waals surface area contributed by atoms with Crippen molar-refractivity contribution in [3.63, 3.8) is 0 Å². The van der Waals surface area contributed by atoms with Crippen LogP contribution in [0.3, 0.4) is 0 Å². The topological polar surface area (TPSA) is 46.2 Å². The van der Waals surface area contributed by atoms with Gasteiger partial charge in [0.25, 0.3) is 0 Å². The van der Waals surface area contributed by atoms with Gasteiger partial charge in [0.1, 0.15) is 0 Å². The van der Waals surface area contributed by atoms with Crippen LogP contribution in [0.15, 0.2) is 29.2 Å². The van der Waals surface area contributed by atoms with Crippen molar-refractivity contribution in [3.05, 3.63) is 29.8 Å². The second-order valence-corrected chi connectivity index (χ2v) is 5.20. The molecule has 4 heteroatoms. The number of rotatable bonds is 4. The third kappa shape index (κ3) is 2.84. The summed E-state index contributed by atoms with van der Waals surface area (Å²) in [6.45, 7) is 3.59. The molecule has 0 bridgehead atoms. The van der Waals surface area contributed by atoms with Crippen molar-refractivity contribution in [2.45, 2.75) is 31.2 Å². The molecule has 0 amide bonds. The lowest BCUT2D eigenvalue weighted by atomic mass is 10.2. The number of nitrogens with one attached hydrogen (secondary N) is 1. The summed E-state index contributed by atoms with van der Waals surface area (Å²) in [4.78, 5) is 0.281. The zero-order chi connectivity index (χ0) is 12.2. The van der Waals surface area contributed by atoms with Gasteiger partial charge in [-0.25, -0.2) is 8.42 Å². The number of benzene rings is 1. The van der Waals surface area contributed by atoms with Gasteiger partial charge < -0.3 is 0 Å². The molecule has 0 radical (unpaired) electrons. The minimum Gasteiger partial charge on any atom is -0.207 e. The molecule has 0 fully saturated rings. The Morgan fingerprint density at radius 3 is 2.56 bits per heavy atom. The van der Waals surface area contributed by atoms with E-state index in [2.05, 4.69) is 10.6 Å². The molecule has 0 heterocycles. The summed E-state index contributed by atoms with van der Waals surface area (Å²) < 4.78 is 26.4. The first-order valence-electron chi connectivity index (χ1n) is 5.05. The van der Waals surface area contributed by atoms with E-state index in [0.29, 0.717) is 12.0 Å². The number of hydrogen-bond acceptors (Lipinski definition) is 2. The van der Waals surface area contributed by atoms with Crippen LogP contribution in [0.4, 0.5) is 0 Å². The molecule has 0 aliphatic carbocycles. The van der Waals surface area contributed by atoms with Gasteiger partial charge in [-0.3, -0.25) is 0 Å². The fraction of sp³-hybridized carbons (Fsp3) is 0.333. The third-order valence-electron chi connectivity index (χ3n) is 2.29. The Labute approximate surface area is 96.9 Å². The quantitative estimate of drug-likeness (QED) is 0.810. The lowest BCUT2D eigenvalue weighted by Gasteiger charge is -2.12. The molecule has 0 aliphatic heterocycles. The van der Waals surface area contributed by atoms with Crippen molar-refractivity contribution >= 4 is 10.0 Å². The highest BCUT2D eigenvalue weighted by molar-refractivity contribution is 7.89. The molecule has 86 valence electrons. The molecule has 0 aliphatic rings. The van der Waals surface area contributed by atoms with Gasteiger partial charge >= 0.3 is 0 Å². The number of terminal acetylenes is 1. The van der Waals surface area contributed by atoms with E-state index in [4.69, 9.17) is 6.42 Å². The van der Waals surface area contributed by atoms with Crippen LogP contribution in [0.1, 0.15) is 18.9 Å². The molecule has 1 atom stereocenters. The summed E-state index contributed by atoms with van der Waals surface area (Å²) in [5, 5.41) is 0.